The summed E-state index contributed by atoms with van der Waals surface area (Å²) in [4.78, 5) is 40.9. The van der Waals surface area contributed by atoms with E-state index >= 15 is 0 Å². The number of rotatable bonds is 7. The molecule has 0 atom stereocenters. The van der Waals surface area contributed by atoms with Crippen molar-refractivity contribution < 1.29 is 28.6 Å². The number of amides is 2. The molecule has 0 bridgehead atoms. The number of carbonyl (C=O) groups is 3. The van der Waals surface area contributed by atoms with Crippen LogP contribution in [0.4, 0.5) is 0 Å². The number of ether oxygens (including phenoxy) is 3. The number of likely N-dealkylation sites (N-methyl/N-ethyl adjacent to an activating group) is 1. The predicted molar refractivity (Wildman–Crippen MR) is 112 cm³/mol. The highest BCUT2D eigenvalue weighted by Gasteiger charge is 2.29. The molecule has 0 aromatic heterocycles. The molecule has 1 aromatic rings. The van der Waals surface area contributed by atoms with Gasteiger partial charge in [0.15, 0.2) is 11.5 Å². The normalized spacial score (nSPS) is 16.1. The van der Waals surface area contributed by atoms with Crippen LogP contribution in [-0.2, 0) is 19.1 Å². The Bertz CT molecular complexity index is 779. The Morgan fingerprint density at radius 3 is 2.57 bits per heavy atom. The Balaban J connectivity index is 1.42. The first-order chi connectivity index (χ1) is 14.5. The van der Waals surface area contributed by atoms with E-state index in [1.54, 1.807) is 18.9 Å². The second-order valence-corrected chi connectivity index (χ2v) is 8.30. The van der Waals surface area contributed by atoms with Crippen LogP contribution in [0.15, 0.2) is 23.1 Å². The smallest absolute Gasteiger partial charge is 0.309 e. The topological polar surface area (TPSA) is 85.4 Å². The van der Waals surface area contributed by atoms with Gasteiger partial charge in [0.05, 0.1) is 24.8 Å². The van der Waals surface area contributed by atoms with Gasteiger partial charge >= 0.3 is 5.97 Å². The molecule has 0 radical (unpaired) electrons. The van der Waals surface area contributed by atoms with Crippen molar-refractivity contribution in [3.05, 3.63) is 18.2 Å². The molecule has 3 rings (SSSR count). The predicted octanol–water partition coefficient (Wildman–Crippen LogP) is 1.81. The molecule has 0 aliphatic carbocycles. The van der Waals surface area contributed by atoms with E-state index in [-0.39, 0.29) is 36.0 Å². The monoisotopic (exact) mass is 436 g/mol. The van der Waals surface area contributed by atoms with Crippen molar-refractivity contribution in [3.63, 3.8) is 0 Å². The lowest BCUT2D eigenvalue weighted by molar-refractivity contribution is -0.151. The number of esters is 1. The van der Waals surface area contributed by atoms with Crippen LogP contribution in [0, 0.1) is 5.92 Å². The van der Waals surface area contributed by atoms with Crippen LogP contribution >= 0.6 is 11.8 Å². The molecule has 2 aliphatic heterocycles. The first-order valence-electron chi connectivity index (χ1n) is 10.2. The zero-order valence-electron chi connectivity index (χ0n) is 17.4. The van der Waals surface area contributed by atoms with Gasteiger partial charge < -0.3 is 24.0 Å². The first-order valence-corrected chi connectivity index (χ1v) is 11.2. The van der Waals surface area contributed by atoms with Crippen LogP contribution in [0.1, 0.15) is 19.8 Å². The zero-order valence-corrected chi connectivity index (χ0v) is 18.2. The second kappa shape index (κ2) is 10.6. The maximum absolute atomic E-state index is 12.5. The Morgan fingerprint density at radius 1 is 1.17 bits per heavy atom. The number of hydrogen-bond donors (Lipinski definition) is 0. The number of benzene rings is 1. The van der Waals surface area contributed by atoms with Crippen LogP contribution in [-0.4, -0.2) is 79.8 Å². The van der Waals surface area contributed by atoms with Gasteiger partial charge in [-0.1, -0.05) is 0 Å². The molecular formula is C21H28N2O6S. The minimum absolute atomic E-state index is 0.0323. The summed E-state index contributed by atoms with van der Waals surface area (Å²) in [6.45, 7) is 4.26. The largest absolute Gasteiger partial charge is 0.486 e. The molecule has 30 heavy (non-hydrogen) atoms. The van der Waals surface area contributed by atoms with E-state index < -0.39 is 0 Å². The molecule has 2 heterocycles. The molecule has 2 aliphatic rings. The molecule has 8 nitrogen and oxygen atoms in total. The number of hydrogen-bond acceptors (Lipinski definition) is 7. The highest BCUT2D eigenvalue weighted by molar-refractivity contribution is 8.00. The third-order valence-electron chi connectivity index (χ3n) is 5.14. The minimum Gasteiger partial charge on any atom is -0.486 e. The Hall–Kier alpha value is -2.42. The van der Waals surface area contributed by atoms with E-state index in [1.165, 1.54) is 16.7 Å². The number of nitrogens with zero attached hydrogens (tertiary/aromatic N) is 2. The van der Waals surface area contributed by atoms with Crippen LogP contribution in [0.5, 0.6) is 11.5 Å². The average molecular weight is 437 g/mol. The summed E-state index contributed by atoms with van der Waals surface area (Å²) >= 11 is 1.40. The van der Waals surface area contributed by atoms with Gasteiger partial charge in [-0.2, -0.15) is 0 Å². The van der Waals surface area contributed by atoms with Crippen molar-refractivity contribution in [3.8, 4) is 11.5 Å². The van der Waals surface area contributed by atoms with Crippen LogP contribution in [0.2, 0.25) is 0 Å². The van der Waals surface area contributed by atoms with Crippen molar-refractivity contribution in [2.45, 2.75) is 24.7 Å². The first kappa shape index (κ1) is 22.3. The summed E-state index contributed by atoms with van der Waals surface area (Å²) in [7, 11) is 1.63. The van der Waals surface area contributed by atoms with E-state index in [0.29, 0.717) is 57.3 Å². The van der Waals surface area contributed by atoms with Gasteiger partial charge in [-0.3, -0.25) is 14.4 Å². The SMILES string of the molecule is CCOC(=O)C1CCN(C(=O)CN(C)C(=O)CSc2ccc3c(c2)OCCO3)CC1. The van der Waals surface area contributed by atoms with Crippen molar-refractivity contribution >= 4 is 29.5 Å². The maximum Gasteiger partial charge on any atom is 0.309 e. The number of carbonyl (C=O) groups excluding carboxylic acids is 3. The summed E-state index contributed by atoms with van der Waals surface area (Å²) in [5.74, 6) is 1.08. The van der Waals surface area contributed by atoms with E-state index in [1.807, 2.05) is 18.2 Å². The molecule has 9 heteroatoms. The summed E-state index contributed by atoms with van der Waals surface area (Å²) in [6.07, 6.45) is 1.20. The average Bonchev–Trinajstić information content (AvgIpc) is 2.77. The standard InChI is InChI=1S/C21H28N2O6S/c1-3-27-21(26)15-6-8-23(9-7-15)19(24)13-22(2)20(25)14-30-16-4-5-17-18(12-16)29-11-10-28-17/h4-5,12,15H,3,6-11,13-14H2,1-2H3. The van der Waals surface area contributed by atoms with Gasteiger partial charge in [0.2, 0.25) is 11.8 Å². The highest BCUT2D eigenvalue weighted by atomic mass is 32.2. The van der Waals surface area contributed by atoms with Crippen molar-refractivity contribution in [1.82, 2.24) is 9.80 Å². The van der Waals surface area contributed by atoms with E-state index in [2.05, 4.69) is 0 Å². The van der Waals surface area contributed by atoms with Crippen LogP contribution in [0.3, 0.4) is 0 Å². The summed E-state index contributed by atoms with van der Waals surface area (Å²) in [5, 5.41) is 0. The molecule has 0 unspecified atom stereocenters. The second-order valence-electron chi connectivity index (χ2n) is 7.25. The molecule has 0 saturated carbocycles. The Kier molecular flexibility index (Phi) is 7.84. The van der Waals surface area contributed by atoms with E-state index in [4.69, 9.17) is 14.2 Å². The van der Waals surface area contributed by atoms with Gasteiger partial charge in [-0.05, 0) is 38.0 Å². The molecule has 1 saturated heterocycles. The third-order valence-corrected chi connectivity index (χ3v) is 6.12. The highest BCUT2D eigenvalue weighted by Crippen LogP contribution is 2.34. The number of fused-ring (bicyclic) bond motifs is 1. The maximum atomic E-state index is 12.5. The number of likely N-dealkylation sites (tertiary alicyclic amines) is 1. The zero-order chi connectivity index (χ0) is 21.5. The van der Waals surface area contributed by atoms with Crippen molar-refractivity contribution in [2.75, 3.05) is 52.3 Å². The fraction of sp³-hybridized carbons (Fsp3) is 0.571. The molecule has 2 amide bonds. The Labute approximate surface area is 180 Å². The lowest BCUT2D eigenvalue weighted by Gasteiger charge is -2.32. The molecule has 0 N–H and O–H groups in total. The van der Waals surface area contributed by atoms with Crippen molar-refractivity contribution in [2.24, 2.45) is 5.92 Å². The molecule has 1 aromatic carbocycles. The van der Waals surface area contributed by atoms with Gasteiger partial charge in [0.1, 0.15) is 13.2 Å². The molecule has 0 spiro atoms. The lowest BCUT2D eigenvalue weighted by Crippen LogP contribution is -2.46. The summed E-state index contributed by atoms with van der Waals surface area (Å²) in [5.41, 5.74) is 0. The van der Waals surface area contributed by atoms with E-state index in [9.17, 15) is 14.4 Å². The lowest BCUT2D eigenvalue weighted by atomic mass is 9.97. The van der Waals surface area contributed by atoms with Crippen LogP contribution in [0.25, 0.3) is 0 Å². The fourth-order valence-corrected chi connectivity index (χ4v) is 4.25. The summed E-state index contributed by atoms with van der Waals surface area (Å²) < 4.78 is 16.1. The van der Waals surface area contributed by atoms with Crippen LogP contribution < -0.4 is 9.47 Å². The van der Waals surface area contributed by atoms with Gasteiger partial charge in [-0.15, -0.1) is 11.8 Å². The van der Waals surface area contributed by atoms with Gasteiger partial charge in [-0.25, -0.2) is 0 Å². The quantitative estimate of drug-likeness (QED) is 0.476. The molecular weight excluding hydrogens is 408 g/mol. The number of thioether (sulfide) groups is 1. The van der Waals surface area contributed by atoms with Gasteiger partial charge in [0, 0.05) is 25.0 Å². The molecule has 164 valence electrons. The summed E-state index contributed by atoms with van der Waals surface area (Å²) in [6, 6.07) is 5.60. The van der Waals surface area contributed by atoms with Crippen molar-refractivity contribution in [1.29, 1.82) is 0 Å². The van der Waals surface area contributed by atoms with Gasteiger partial charge in [0.25, 0.3) is 0 Å². The third kappa shape index (κ3) is 5.81. The van der Waals surface area contributed by atoms with E-state index in [0.717, 1.165) is 4.90 Å². The minimum atomic E-state index is -0.187. The number of piperidine rings is 1. The molecule has 1 fully saturated rings. The Morgan fingerprint density at radius 2 is 1.87 bits per heavy atom. The fourth-order valence-electron chi connectivity index (χ4n) is 3.38.